The molecule has 1 atom stereocenters. The van der Waals surface area contributed by atoms with Crippen LogP contribution in [0.3, 0.4) is 0 Å². The summed E-state index contributed by atoms with van der Waals surface area (Å²) in [6.07, 6.45) is 2.85. The molecule has 0 bridgehead atoms. The predicted octanol–water partition coefficient (Wildman–Crippen LogP) is 2.96. The first-order chi connectivity index (χ1) is 8.63. The lowest BCUT2D eigenvalue weighted by Crippen LogP contribution is -2.23. The average Bonchev–Trinajstić information content (AvgIpc) is 2.39. The Morgan fingerprint density at radius 1 is 1.56 bits per heavy atom. The molecule has 0 saturated heterocycles. The topological polar surface area (TPSA) is 44.8 Å². The highest BCUT2D eigenvalue weighted by Gasteiger charge is 2.31. The van der Waals surface area contributed by atoms with E-state index in [1.807, 2.05) is 0 Å². The van der Waals surface area contributed by atoms with Gasteiger partial charge in [-0.3, -0.25) is 4.79 Å². The summed E-state index contributed by atoms with van der Waals surface area (Å²) in [5, 5.41) is 1.34. The second-order valence-electron chi connectivity index (χ2n) is 3.69. The number of allylic oxidation sites excluding steroid dienone is 2. The lowest BCUT2D eigenvalue weighted by atomic mass is 9.97. The van der Waals surface area contributed by atoms with Crippen molar-refractivity contribution in [3.8, 4) is 0 Å². The first-order valence-corrected chi connectivity index (χ1v) is 7.04. The number of alkyl halides is 1. The molecule has 0 amide bonds. The van der Waals surface area contributed by atoms with Crippen LogP contribution < -0.4 is 0 Å². The fourth-order valence-electron chi connectivity index (χ4n) is 1.59. The van der Waals surface area contributed by atoms with Gasteiger partial charge in [0.2, 0.25) is 0 Å². The standard InChI is InChI=1S/C12H16BrClO4/c1-16-11-7-10(18-5-3-4-13)8(6-9(11)14)12(15)17-2/h7-8H,3-6H2,1-2H3. The molecule has 18 heavy (non-hydrogen) atoms. The van der Waals surface area contributed by atoms with Crippen LogP contribution in [0.1, 0.15) is 12.8 Å². The van der Waals surface area contributed by atoms with Crippen molar-refractivity contribution in [3.63, 3.8) is 0 Å². The van der Waals surface area contributed by atoms with Gasteiger partial charge in [-0.15, -0.1) is 0 Å². The van der Waals surface area contributed by atoms with Crippen LogP contribution in [0.15, 0.2) is 22.6 Å². The number of carbonyl (C=O) groups excluding carboxylic acids is 1. The van der Waals surface area contributed by atoms with Crippen molar-refractivity contribution in [2.24, 2.45) is 5.92 Å². The number of hydrogen-bond acceptors (Lipinski definition) is 4. The molecule has 1 rings (SSSR count). The van der Waals surface area contributed by atoms with E-state index < -0.39 is 5.92 Å². The summed E-state index contributed by atoms with van der Waals surface area (Å²) in [6.45, 7) is 0.527. The molecule has 0 aromatic heterocycles. The summed E-state index contributed by atoms with van der Waals surface area (Å²) in [7, 11) is 2.88. The van der Waals surface area contributed by atoms with Crippen molar-refractivity contribution >= 4 is 33.5 Å². The molecule has 0 heterocycles. The maximum absolute atomic E-state index is 11.7. The zero-order chi connectivity index (χ0) is 13.5. The zero-order valence-corrected chi connectivity index (χ0v) is 12.7. The Bertz CT molecular complexity index is 365. The molecule has 0 aromatic rings. The lowest BCUT2D eigenvalue weighted by Gasteiger charge is -2.23. The normalized spacial score (nSPS) is 19.3. The van der Waals surface area contributed by atoms with Crippen LogP contribution >= 0.6 is 27.5 Å². The molecule has 102 valence electrons. The largest absolute Gasteiger partial charge is 0.497 e. The molecule has 0 aliphatic heterocycles. The Kier molecular flexibility index (Phi) is 6.57. The van der Waals surface area contributed by atoms with E-state index in [9.17, 15) is 4.79 Å². The van der Waals surface area contributed by atoms with E-state index in [2.05, 4.69) is 15.9 Å². The molecule has 0 radical (unpaired) electrons. The molecule has 0 N–H and O–H groups in total. The third kappa shape index (κ3) is 3.92. The fourth-order valence-corrected chi connectivity index (χ4v) is 2.10. The number of esters is 1. The van der Waals surface area contributed by atoms with Crippen molar-refractivity contribution < 1.29 is 19.0 Å². The molecule has 0 aromatic carbocycles. The molecule has 0 spiro atoms. The van der Waals surface area contributed by atoms with Crippen LogP contribution in [-0.4, -0.2) is 32.1 Å². The van der Waals surface area contributed by atoms with E-state index in [0.717, 1.165) is 11.8 Å². The Morgan fingerprint density at radius 3 is 2.83 bits per heavy atom. The van der Waals surface area contributed by atoms with Crippen molar-refractivity contribution in [2.75, 3.05) is 26.2 Å². The van der Waals surface area contributed by atoms with Gasteiger partial charge in [-0.1, -0.05) is 27.5 Å². The molecule has 1 aliphatic rings. The van der Waals surface area contributed by atoms with E-state index in [0.29, 0.717) is 29.6 Å². The molecular formula is C12H16BrClO4. The minimum Gasteiger partial charge on any atom is -0.497 e. The van der Waals surface area contributed by atoms with Crippen LogP contribution in [0, 0.1) is 5.92 Å². The van der Waals surface area contributed by atoms with Gasteiger partial charge < -0.3 is 14.2 Å². The predicted molar refractivity (Wildman–Crippen MR) is 72.5 cm³/mol. The highest BCUT2D eigenvalue weighted by Crippen LogP contribution is 2.33. The van der Waals surface area contributed by atoms with E-state index in [-0.39, 0.29) is 5.97 Å². The number of rotatable bonds is 6. The van der Waals surface area contributed by atoms with E-state index in [4.69, 9.17) is 25.8 Å². The first kappa shape index (κ1) is 15.4. The maximum atomic E-state index is 11.7. The molecule has 4 nitrogen and oxygen atoms in total. The van der Waals surface area contributed by atoms with Gasteiger partial charge in [-0.2, -0.15) is 0 Å². The zero-order valence-electron chi connectivity index (χ0n) is 10.4. The summed E-state index contributed by atoms with van der Waals surface area (Å²) in [5.74, 6) is 0.236. The van der Waals surface area contributed by atoms with Crippen LogP contribution in [-0.2, 0) is 19.0 Å². The molecule has 0 fully saturated rings. The van der Waals surface area contributed by atoms with Crippen molar-refractivity contribution in [2.45, 2.75) is 12.8 Å². The molecule has 1 aliphatic carbocycles. The van der Waals surface area contributed by atoms with Crippen molar-refractivity contribution in [1.82, 2.24) is 0 Å². The van der Waals surface area contributed by atoms with Gasteiger partial charge in [0.15, 0.2) is 0 Å². The van der Waals surface area contributed by atoms with E-state index in [1.165, 1.54) is 14.2 Å². The van der Waals surface area contributed by atoms with Crippen LogP contribution in [0.5, 0.6) is 0 Å². The highest BCUT2D eigenvalue weighted by molar-refractivity contribution is 9.09. The summed E-state index contributed by atoms with van der Waals surface area (Å²) in [6, 6.07) is 0. The van der Waals surface area contributed by atoms with Crippen molar-refractivity contribution in [1.29, 1.82) is 0 Å². The number of methoxy groups -OCH3 is 2. The summed E-state index contributed by atoms with van der Waals surface area (Å²) in [5.41, 5.74) is 0. The Balaban J connectivity index is 2.83. The van der Waals surface area contributed by atoms with Crippen molar-refractivity contribution in [3.05, 3.63) is 22.6 Å². The van der Waals surface area contributed by atoms with Gasteiger partial charge in [0, 0.05) is 17.8 Å². The van der Waals surface area contributed by atoms with Crippen LogP contribution in [0.2, 0.25) is 0 Å². The third-order valence-electron chi connectivity index (χ3n) is 2.52. The fraction of sp³-hybridized carbons (Fsp3) is 0.583. The minimum atomic E-state index is -0.489. The Hall–Kier alpha value is -0.680. The summed E-state index contributed by atoms with van der Waals surface area (Å²) in [4.78, 5) is 11.7. The molecular weight excluding hydrogens is 323 g/mol. The maximum Gasteiger partial charge on any atom is 0.316 e. The van der Waals surface area contributed by atoms with Gasteiger partial charge in [0.25, 0.3) is 0 Å². The molecule has 6 heteroatoms. The molecule has 1 unspecified atom stereocenters. The quantitative estimate of drug-likeness (QED) is 0.424. The number of carbonyl (C=O) groups is 1. The number of halogens is 2. The monoisotopic (exact) mass is 338 g/mol. The Morgan fingerprint density at radius 2 is 2.28 bits per heavy atom. The Labute approximate surface area is 120 Å². The summed E-state index contributed by atoms with van der Waals surface area (Å²) < 4.78 is 15.5. The van der Waals surface area contributed by atoms with Gasteiger partial charge in [0.1, 0.15) is 17.4 Å². The number of hydrogen-bond donors (Lipinski definition) is 0. The van der Waals surface area contributed by atoms with E-state index in [1.54, 1.807) is 6.08 Å². The lowest BCUT2D eigenvalue weighted by molar-refractivity contribution is -0.145. The minimum absolute atomic E-state index is 0.345. The van der Waals surface area contributed by atoms with E-state index >= 15 is 0 Å². The number of ether oxygens (including phenoxy) is 3. The first-order valence-electron chi connectivity index (χ1n) is 5.54. The summed E-state index contributed by atoms with van der Waals surface area (Å²) >= 11 is 9.37. The average molecular weight is 340 g/mol. The SMILES string of the molecule is COC(=O)C1CC(Cl)=C(OC)C=C1OCCCBr. The van der Waals surface area contributed by atoms with Crippen LogP contribution in [0.25, 0.3) is 0 Å². The van der Waals surface area contributed by atoms with Crippen LogP contribution in [0.4, 0.5) is 0 Å². The second-order valence-corrected chi connectivity index (χ2v) is 4.94. The smallest absolute Gasteiger partial charge is 0.316 e. The third-order valence-corrected chi connectivity index (χ3v) is 3.42. The molecule has 0 saturated carbocycles. The highest BCUT2D eigenvalue weighted by atomic mass is 79.9. The van der Waals surface area contributed by atoms with Gasteiger partial charge in [-0.05, 0) is 6.42 Å². The second kappa shape index (κ2) is 7.69. The van der Waals surface area contributed by atoms with Gasteiger partial charge >= 0.3 is 5.97 Å². The van der Waals surface area contributed by atoms with Gasteiger partial charge in [-0.25, -0.2) is 0 Å². The van der Waals surface area contributed by atoms with Gasteiger partial charge in [0.05, 0.1) is 25.9 Å².